The molecule has 2 atom stereocenters. The summed E-state index contributed by atoms with van der Waals surface area (Å²) in [6.45, 7) is 3.99. The molecule has 2 amide bonds. The summed E-state index contributed by atoms with van der Waals surface area (Å²) in [5.74, 6) is -1.11. The first-order chi connectivity index (χ1) is 16.5. The molecule has 3 aromatic rings. The highest BCUT2D eigenvalue weighted by Gasteiger charge is 2.41. The lowest BCUT2D eigenvalue weighted by Crippen LogP contribution is -2.37. The number of hydrogen-bond donors (Lipinski definition) is 3. The van der Waals surface area contributed by atoms with Crippen LogP contribution in [0.3, 0.4) is 0 Å². The van der Waals surface area contributed by atoms with Gasteiger partial charge in [-0.05, 0) is 50.3 Å². The summed E-state index contributed by atoms with van der Waals surface area (Å²) in [4.78, 5) is 29.1. The van der Waals surface area contributed by atoms with Gasteiger partial charge in [0.15, 0.2) is 11.8 Å². The Hall–Kier alpha value is -3.48. The van der Waals surface area contributed by atoms with Gasteiger partial charge in [-0.2, -0.15) is 23.4 Å². The maximum Gasteiger partial charge on any atom is 0.414 e. The van der Waals surface area contributed by atoms with E-state index >= 15 is 0 Å². The number of aromatic nitrogens is 5. The molecule has 35 heavy (non-hydrogen) atoms. The van der Waals surface area contributed by atoms with Crippen molar-refractivity contribution in [2.24, 2.45) is 5.92 Å². The third-order valence-corrected chi connectivity index (χ3v) is 5.74. The Labute approximate surface area is 198 Å². The van der Waals surface area contributed by atoms with Crippen LogP contribution >= 0.6 is 0 Å². The Kier molecular flexibility index (Phi) is 6.79. The summed E-state index contributed by atoms with van der Waals surface area (Å²) in [6, 6.07) is 2.83. The average Bonchev–Trinajstić information content (AvgIpc) is 3.34. The Balaban J connectivity index is 1.44. The molecular formula is C22H26F3N7O3. The van der Waals surface area contributed by atoms with Crippen molar-refractivity contribution in [3.05, 3.63) is 47.7 Å². The predicted molar refractivity (Wildman–Crippen MR) is 117 cm³/mol. The van der Waals surface area contributed by atoms with Gasteiger partial charge >= 0.3 is 6.18 Å². The van der Waals surface area contributed by atoms with Gasteiger partial charge in [0.1, 0.15) is 5.69 Å². The minimum atomic E-state index is -4.86. The predicted octanol–water partition coefficient (Wildman–Crippen LogP) is 2.32. The average molecular weight is 493 g/mol. The van der Waals surface area contributed by atoms with Gasteiger partial charge in [0.25, 0.3) is 5.91 Å². The number of nitrogens with one attached hydrogen (secondary N) is 2. The molecule has 3 N–H and O–H groups in total. The number of carbonyl (C=O) groups excluding carboxylic acids is 2. The van der Waals surface area contributed by atoms with Crippen LogP contribution < -0.4 is 10.6 Å². The van der Waals surface area contributed by atoms with E-state index in [0.29, 0.717) is 22.6 Å². The maximum atomic E-state index is 12.6. The van der Waals surface area contributed by atoms with Gasteiger partial charge < -0.3 is 15.7 Å². The van der Waals surface area contributed by atoms with Gasteiger partial charge in [0, 0.05) is 12.2 Å². The number of aliphatic hydroxyl groups excluding tert-OH is 1. The van der Waals surface area contributed by atoms with Crippen molar-refractivity contribution < 1.29 is 27.9 Å². The minimum Gasteiger partial charge on any atom is -0.383 e. The van der Waals surface area contributed by atoms with Gasteiger partial charge in [-0.15, -0.1) is 0 Å². The molecule has 0 saturated heterocycles. The SMILES string of the molecule is CC(C)n1nccc1C(=O)NCc1cn2ncc(C(NC(=O)CC(O)C(F)(F)F)C3CC3)cc2n1. The first kappa shape index (κ1) is 24.6. The van der Waals surface area contributed by atoms with Crippen LogP contribution in [0.4, 0.5) is 13.2 Å². The quantitative estimate of drug-likeness (QED) is 0.420. The van der Waals surface area contributed by atoms with E-state index in [1.807, 2.05) is 13.8 Å². The second-order valence-corrected chi connectivity index (χ2v) is 8.91. The van der Waals surface area contributed by atoms with Crippen molar-refractivity contribution in [2.45, 2.75) is 64.0 Å². The lowest BCUT2D eigenvalue weighted by Gasteiger charge is -2.20. The molecule has 0 spiro atoms. The number of halogens is 3. The molecule has 1 saturated carbocycles. The van der Waals surface area contributed by atoms with Crippen molar-refractivity contribution in [1.29, 1.82) is 0 Å². The van der Waals surface area contributed by atoms with Crippen LogP contribution in [0.15, 0.2) is 30.7 Å². The standard InChI is InChI=1S/C22H26F3N7O3/c1-12(2)32-16(5-6-27-32)21(35)26-10-15-11-31-18(29-15)7-14(9-28-31)20(13-3-4-13)30-19(34)8-17(33)22(23,24)25/h5-7,9,11-13,17,20,33H,3-4,8,10H2,1-2H3,(H,26,35)(H,30,34). The van der Waals surface area contributed by atoms with Crippen molar-refractivity contribution in [3.8, 4) is 0 Å². The lowest BCUT2D eigenvalue weighted by atomic mass is 10.0. The zero-order valence-electron chi connectivity index (χ0n) is 19.2. The molecule has 10 nitrogen and oxygen atoms in total. The van der Waals surface area contributed by atoms with Crippen molar-refractivity contribution in [2.75, 3.05) is 0 Å². The third-order valence-electron chi connectivity index (χ3n) is 5.74. The highest BCUT2D eigenvalue weighted by Crippen LogP contribution is 2.41. The zero-order chi connectivity index (χ0) is 25.3. The number of alkyl halides is 3. The smallest absolute Gasteiger partial charge is 0.383 e. The van der Waals surface area contributed by atoms with Gasteiger partial charge in [0.05, 0.1) is 37.1 Å². The van der Waals surface area contributed by atoms with Gasteiger partial charge in [-0.1, -0.05) is 0 Å². The number of hydrogen-bond acceptors (Lipinski definition) is 6. The monoisotopic (exact) mass is 493 g/mol. The number of nitrogens with zero attached hydrogens (tertiary/aromatic N) is 5. The molecule has 3 heterocycles. The first-order valence-electron chi connectivity index (χ1n) is 11.2. The van der Waals surface area contributed by atoms with Crippen LogP contribution in [-0.4, -0.2) is 53.6 Å². The van der Waals surface area contributed by atoms with Crippen LogP contribution in [0, 0.1) is 5.92 Å². The number of imidazole rings is 1. The van der Waals surface area contributed by atoms with Crippen molar-refractivity contribution in [3.63, 3.8) is 0 Å². The lowest BCUT2D eigenvalue weighted by molar-refractivity contribution is -0.206. The molecule has 0 aromatic carbocycles. The number of fused-ring (bicyclic) bond motifs is 1. The Morgan fingerprint density at radius 1 is 1.26 bits per heavy atom. The molecule has 13 heteroatoms. The van der Waals surface area contributed by atoms with Crippen molar-refractivity contribution >= 4 is 17.5 Å². The van der Waals surface area contributed by atoms with Gasteiger partial charge in [0.2, 0.25) is 5.91 Å². The Morgan fingerprint density at radius 2 is 2.00 bits per heavy atom. The van der Waals surface area contributed by atoms with Crippen molar-refractivity contribution in [1.82, 2.24) is 35.0 Å². The number of amides is 2. The normalized spacial score (nSPS) is 15.9. The van der Waals surface area contributed by atoms with Crippen LogP contribution in [0.25, 0.3) is 5.65 Å². The van der Waals surface area contributed by atoms with Crippen LogP contribution in [-0.2, 0) is 11.3 Å². The molecule has 1 fully saturated rings. The fourth-order valence-electron chi connectivity index (χ4n) is 3.79. The highest BCUT2D eigenvalue weighted by atomic mass is 19.4. The molecule has 0 bridgehead atoms. The number of rotatable bonds is 9. The highest BCUT2D eigenvalue weighted by molar-refractivity contribution is 5.92. The minimum absolute atomic E-state index is 0.0280. The molecular weight excluding hydrogens is 467 g/mol. The van der Waals surface area contributed by atoms with E-state index < -0.39 is 30.7 Å². The van der Waals surface area contributed by atoms with Crippen LogP contribution in [0.1, 0.15) is 66.9 Å². The van der Waals surface area contributed by atoms with Gasteiger partial charge in [-0.25, -0.2) is 9.50 Å². The summed E-state index contributed by atoms with van der Waals surface area (Å²) < 4.78 is 40.9. The summed E-state index contributed by atoms with van der Waals surface area (Å²) in [6.07, 6.45) is -2.26. The second kappa shape index (κ2) is 9.64. The number of aliphatic hydroxyl groups is 1. The van der Waals surface area contributed by atoms with E-state index in [0.717, 1.165) is 12.8 Å². The molecule has 188 valence electrons. The summed E-state index contributed by atoms with van der Waals surface area (Å²) in [7, 11) is 0. The largest absolute Gasteiger partial charge is 0.414 e. The number of carbonyl (C=O) groups is 2. The molecule has 2 unspecified atom stereocenters. The molecule has 1 aliphatic carbocycles. The molecule has 4 rings (SSSR count). The van der Waals surface area contributed by atoms with Gasteiger partial charge in [-0.3, -0.25) is 14.3 Å². The fourth-order valence-corrected chi connectivity index (χ4v) is 3.79. The topological polar surface area (TPSA) is 126 Å². The van der Waals surface area contributed by atoms with E-state index in [1.165, 1.54) is 10.7 Å². The fraction of sp³-hybridized carbons (Fsp3) is 0.500. The van der Waals surface area contributed by atoms with E-state index in [4.69, 9.17) is 0 Å². The van der Waals surface area contributed by atoms with E-state index in [1.54, 1.807) is 29.2 Å². The maximum absolute atomic E-state index is 12.6. The molecule has 0 radical (unpaired) electrons. The van der Waals surface area contributed by atoms with Crippen LogP contribution in [0.2, 0.25) is 0 Å². The van der Waals surface area contributed by atoms with E-state index in [2.05, 4.69) is 25.8 Å². The third kappa shape index (κ3) is 5.78. The summed E-state index contributed by atoms with van der Waals surface area (Å²) in [5.41, 5.74) is 2.06. The molecule has 0 aliphatic heterocycles. The van der Waals surface area contributed by atoms with E-state index in [9.17, 15) is 27.9 Å². The molecule has 3 aromatic heterocycles. The summed E-state index contributed by atoms with van der Waals surface area (Å²) in [5, 5.41) is 23.0. The zero-order valence-corrected chi connectivity index (χ0v) is 19.2. The summed E-state index contributed by atoms with van der Waals surface area (Å²) >= 11 is 0. The first-order valence-corrected chi connectivity index (χ1v) is 11.2. The Bertz CT molecular complexity index is 1220. The second-order valence-electron chi connectivity index (χ2n) is 8.91. The van der Waals surface area contributed by atoms with Crippen LogP contribution in [0.5, 0.6) is 0 Å². The van der Waals surface area contributed by atoms with E-state index in [-0.39, 0.29) is 24.4 Å². The molecule has 1 aliphatic rings. The Morgan fingerprint density at radius 3 is 2.66 bits per heavy atom.